The minimum atomic E-state index is -0.627. The summed E-state index contributed by atoms with van der Waals surface area (Å²) in [5.74, 6) is 8.12. The van der Waals surface area contributed by atoms with Crippen molar-refractivity contribution in [1.29, 1.82) is 0 Å². The molecule has 594 valence electrons. The average Bonchev–Trinajstić information content (AvgIpc) is 1.77. The van der Waals surface area contributed by atoms with Crippen molar-refractivity contribution in [1.82, 2.24) is 80.7 Å². The van der Waals surface area contributed by atoms with E-state index in [2.05, 4.69) is 55.1 Å². The number of aliphatic hydroxyl groups is 3. The molecule has 0 saturated carbocycles. The molecule has 10 aromatic rings. The quantitative estimate of drug-likeness (QED) is 0.0266. The minimum Gasteiger partial charge on any atom is -0.491 e. The summed E-state index contributed by atoms with van der Waals surface area (Å²) in [6, 6.07) is 22.7. The number of likely N-dealkylation sites (N-methyl/N-ethyl adjacent to an activating group) is 4. The van der Waals surface area contributed by atoms with E-state index in [9.17, 15) is 20.1 Å². The molecule has 3 aromatic carbocycles. The Hall–Kier alpha value is -10.3. The van der Waals surface area contributed by atoms with Crippen molar-refractivity contribution in [2.45, 2.75) is 120 Å². The number of aryl methyl sites for hydroxylation is 8. The molecule has 111 heavy (non-hydrogen) atoms. The second-order valence-electron chi connectivity index (χ2n) is 28.3. The van der Waals surface area contributed by atoms with E-state index >= 15 is 0 Å². The highest BCUT2D eigenvalue weighted by Crippen LogP contribution is 2.40. The van der Waals surface area contributed by atoms with Crippen molar-refractivity contribution in [3.05, 3.63) is 136 Å². The maximum atomic E-state index is 12.4. The van der Waals surface area contributed by atoms with E-state index in [4.69, 9.17) is 72.1 Å². The summed E-state index contributed by atoms with van der Waals surface area (Å²) in [4.78, 5) is 54.8. The third-order valence-electron chi connectivity index (χ3n) is 19.0. The normalized spacial score (nSPS) is 15.1. The van der Waals surface area contributed by atoms with Crippen molar-refractivity contribution >= 4 is 17.7 Å². The van der Waals surface area contributed by atoms with Crippen molar-refractivity contribution < 1.29 is 57.4 Å². The van der Waals surface area contributed by atoms with Crippen LogP contribution in [0.3, 0.4) is 0 Å². The summed E-state index contributed by atoms with van der Waals surface area (Å²) in [6.45, 7) is 27.9. The van der Waals surface area contributed by atoms with E-state index in [1.54, 1.807) is 52.1 Å². The number of imidazole rings is 1. The van der Waals surface area contributed by atoms with Crippen molar-refractivity contribution in [2.24, 2.45) is 7.05 Å². The molecule has 30 heteroatoms. The van der Waals surface area contributed by atoms with Gasteiger partial charge in [-0.15, -0.1) is 0 Å². The number of hydrogen-bond acceptors (Lipinski definition) is 27. The fraction of sp³-hybridized carbons (Fsp3) is 0.469. The fourth-order valence-electron chi connectivity index (χ4n) is 13.6. The van der Waals surface area contributed by atoms with E-state index in [0.29, 0.717) is 98.7 Å². The zero-order valence-corrected chi connectivity index (χ0v) is 67.2. The molecule has 9 heterocycles. The first kappa shape index (κ1) is 83.2. The van der Waals surface area contributed by atoms with Crippen LogP contribution in [0.25, 0.3) is 79.5 Å². The maximum Gasteiger partial charge on any atom is 0.319 e. The molecule has 3 unspecified atom stereocenters. The SMILES string of the molecule is CCC[C@@H]1CN(c2nc(-c3cccc(OCC(O)CNC)c3)nc(-c3c(C)noc3C)c2C)CCO1.CNCC(O)COc1cccc(-c2nc(-c3c(C)noc3C)c(C)c(-c3nc(C)cn3C)n2)c1.CNCC(O)COc1cccc(-c2nc(-c3c(C)noc3C)c(C)c(N3CCO[C@H](CN(C)C(=O)N(C)C)C3)n2)c1. The predicted octanol–water partition coefficient (Wildman–Crippen LogP) is 9.58. The summed E-state index contributed by atoms with van der Waals surface area (Å²) in [6.07, 6.45) is 2.24. The third-order valence-corrected chi connectivity index (χ3v) is 19.0. The fourth-order valence-corrected chi connectivity index (χ4v) is 13.6. The number of nitrogens with zero attached hydrogens (tertiary/aromatic N) is 15. The first-order valence-corrected chi connectivity index (χ1v) is 37.6. The number of amides is 2. The highest BCUT2D eigenvalue weighted by Gasteiger charge is 2.32. The molecular formula is C81H108N18O12. The minimum absolute atomic E-state index is 0.0764. The number of ether oxygens (including phenoxy) is 5. The molecule has 2 aliphatic heterocycles. The largest absolute Gasteiger partial charge is 0.491 e. The number of aliphatic hydroxyl groups excluding tert-OH is 3. The number of hydrogen-bond donors (Lipinski definition) is 6. The Bertz CT molecular complexity index is 4690. The van der Waals surface area contributed by atoms with Crippen LogP contribution in [0.15, 0.2) is 92.6 Å². The van der Waals surface area contributed by atoms with Crippen LogP contribution in [0.4, 0.5) is 16.4 Å². The number of carbonyl (C=O) groups excluding carboxylic acids is 1. The first-order valence-electron chi connectivity index (χ1n) is 37.6. The van der Waals surface area contributed by atoms with Gasteiger partial charge in [0.15, 0.2) is 23.3 Å². The van der Waals surface area contributed by atoms with Crippen LogP contribution in [-0.4, -0.2) is 244 Å². The molecule has 12 rings (SSSR count). The average molecular weight is 1530 g/mol. The van der Waals surface area contributed by atoms with Crippen LogP contribution in [0.2, 0.25) is 0 Å². The Kier molecular flexibility index (Phi) is 28.9. The van der Waals surface area contributed by atoms with Gasteiger partial charge in [-0.25, -0.2) is 39.7 Å². The van der Waals surface area contributed by atoms with Gasteiger partial charge in [0, 0.05) is 114 Å². The molecule has 2 saturated heterocycles. The maximum absolute atomic E-state index is 12.4. The lowest BCUT2D eigenvalue weighted by molar-refractivity contribution is 0.0241. The molecule has 5 atom stereocenters. The molecule has 2 fully saturated rings. The molecule has 6 N–H and O–H groups in total. The topological polar surface area (TPSA) is 346 Å². The standard InChI is InChI=1S/C29H41N7O5.C27H37N5O4.C25H30N6O3/c1-18-26(25-19(2)33-41-20(25)3)31-27(21-9-8-10-23(13-21)40-17-22(37)14-30-4)32-28(18)36-11-12-39-24(16-36)15-35(7)29(38)34(5)6;1-6-8-23-15-32(11-12-34-23)27-17(2)25(24-18(3)31-36-19(24)4)29-26(30-27)20-9-7-10-22(13-20)35-16-21(33)14-28-5;1-14-12-31(6)25(27-14)23-15(2)22(21-16(3)30-34-17(21)4)28-24(29-23)18-8-7-9-20(10-18)33-13-19(32)11-26-5/h8-10,13,22,24,30,37H,11-12,14-17H2,1-7H3;7,9-10,13,21,23,28,33H,6,8,11-12,14-16H2,1-5H3;7-10,12,19,26,32H,11,13H2,1-6H3/t22?,24-;21?,23-;/m11./s1. The number of carbonyl (C=O) groups is 1. The molecule has 7 aromatic heterocycles. The van der Waals surface area contributed by atoms with Crippen LogP contribution >= 0.6 is 0 Å². The zero-order chi connectivity index (χ0) is 79.7. The number of nitrogens with one attached hydrogen (secondary N) is 3. The molecule has 2 aliphatic rings. The number of urea groups is 1. The van der Waals surface area contributed by atoms with Gasteiger partial charge in [-0.05, 0) is 133 Å². The van der Waals surface area contributed by atoms with Gasteiger partial charge in [0.2, 0.25) is 0 Å². The number of rotatable bonds is 28. The van der Waals surface area contributed by atoms with E-state index in [-0.39, 0.29) is 38.1 Å². The second-order valence-corrected chi connectivity index (χ2v) is 28.3. The van der Waals surface area contributed by atoms with E-state index in [1.807, 2.05) is 153 Å². The van der Waals surface area contributed by atoms with Gasteiger partial charge >= 0.3 is 6.03 Å². The van der Waals surface area contributed by atoms with Crippen molar-refractivity contribution in [3.8, 4) is 96.7 Å². The Morgan fingerprint density at radius 1 is 0.532 bits per heavy atom. The lowest BCUT2D eigenvalue weighted by Crippen LogP contribution is -2.49. The van der Waals surface area contributed by atoms with Gasteiger partial charge in [0.25, 0.3) is 0 Å². The summed E-state index contributed by atoms with van der Waals surface area (Å²) in [7, 11) is 12.6. The van der Waals surface area contributed by atoms with Gasteiger partial charge < -0.3 is 92.7 Å². The smallest absolute Gasteiger partial charge is 0.319 e. The second kappa shape index (κ2) is 38.6. The van der Waals surface area contributed by atoms with Gasteiger partial charge in [-0.1, -0.05) is 65.2 Å². The Labute approximate surface area is 649 Å². The lowest BCUT2D eigenvalue weighted by Gasteiger charge is -2.36. The van der Waals surface area contributed by atoms with Gasteiger partial charge in [-0.3, -0.25) is 0 Å². The number of aromatic nitrogens is 11. The van der Waals surface area contributed by atoms with E-state index in [1.165, 1.54) is 0 Å². The molecule has 0 radical (unpaired) electrons. The van der Waals surface area contributed by atoms with Crippen molar-refractivity contribution in [3.63, 3.8) is 0 Å². The molecule has 0 spiro atoms. The Morgan fingerprint density at radius 2 is 0.910 bits per heavy atom. The predicted molar refractivity (Wildman–Crippen MR) is 425 cm³/mol. The molecule has 0 bridgehead atoms. The molecule has 0 aliphatic carbocycles. The van der Waals surface area contributed by atoms with Crippen LogP contribution in [0, 0.1) is 69.2 Å². The number of benzene rings is 3. The first-order chi connectivity index (χ1) is 53.3. The van der Waals surface area contributed by atoms with Gasteiger partial charge in [0.05, 0.1) is 88.5 Å². The Balaban J connectivity index is 0.000000178. The molecular weight excluding hydrogens is 1420 g/mol. The van der Waals surface area contributed by atoms with Gasteiger partial charge in [0.1, 0.15) is 90.0 Å². The van der Waals surface area contributed by atoms with Crippen molar-refractivity contribution in [2.75, 3.05) is 137 Å². The monoisotopic (exact) mass is 1520 g/mol. The van der Waals surface area contributed by atoms with E-state index in [0.717, 1.165) is 145 Å². The summed E-state index contributed by atoms with van der Waals surface area (Å²) < 4.78 is 47.9. The zero-order valence-electron chi connectivity index (χ0n) is 67.2. The molecule has 30 nitrogen and oxygen atoms in total. The summed E-state index contributed by atoms with van der Waals surface area (Å²) in [5.41, 5.74) is 14.1. The van der Waals surface area contributed by atoms with Gasteiger partial charge in [-0.2, -0.15) is 0 Å². The Morgan fingerprint density at radius 3 is 1.27 bits per heavy atom. The summed E-state index contributed by atoms with van der Waals surface area (Å²) >= 11 is 0. The number of anilines is 2. The highest BCUT2D eigenvalue weighted by atomic mass is 16.5. The van der Waals surface area contributed by atoms with Crippen LogP contribution in [-0.2, 0) is 16.5 Å². The summed E-state index contributed by atoms with van der Waals surface area (Å²) in [5, 5.41) is 51.3. The number of morpholine rings is 2. The highest BCUT2D eigenvalue weighted by molar-refractivity contribution is 5.79. The van der Waals surface area contributed by atoms with Crippen LogP contribution < -0.4 is 40.0 Å². The lowest BCUT2D eigenvalue weighted by atomic mass is 10.0. The van der Waals surface area contributed by atoms with E-state index < -0.39 is 18.3 Å². The third kappa shape index (κ3) is 20.8. The molecule has 2 amide bonds. The van der Waals surface area contributed by atoms with Crippen LogP contribution in [0.1, 0.15) is 76.5 Å². The van der Waals surface area contributed by atoms with Crippen LogP contribution in [0.5, 0.6) is 17.2 Å².